The van der Waals surface area contributed by atoms with E-state index in [9.17, 15) is 9.00 Å². The second-order valence-corrected chi connectivity index (χ2v) is 8.65. The van der Waals surface area contributed by atoms with E-state index < -0.39 is 10.8 Å². The third-order valence-electron chi connectivity index (χ3n) is 4.92. The summed E-state index contributed by atoms with van der Waals surface area (Å²) in [4.78, 5) is 18.6. The van der Waals surface area contributed by atoms with E-state index in [1.54, 1.807) is 0 Å². The largest absolute Gasteiger partial charge is 0.339 e. The normalized spacial score (nSPS) is 14.8. The second kappa shape index (κ2) is 9.13. The first-order valence-electron chi connectivity index (χ1n) is 9.76. The van der Waals surface area contributed by atoms with Gasteiger partial charge in [0.2, 0.25) is 5.89 Å². The van der Waals surface area contributed by atoms with Crippen LogP contribution in [0.2, 0.25) is 0 Å². The van der Waals surface area contributed by atoms with Crippen LogP contribution in [-0.4, -0.2) is 38.2 Å². The molecule has 0 saturated carbocycles. The third-order valence-corrected chi connectivity index (χ3v) is 6.15. The highest BCUT2D eigenvalue weighted by molar-refractivity contribution is 7.83. The molecule has 0 aliphatic carbocycles. The van der Waals surface area contributed by atoms with Crippen LogP contribution in [0.25, 0.3) is 0 Å². The van der Waals surface area contributed by atoms with Crippen LogP contribution in [0.3, 0.4) is 0 Å². The lowest BCUT2D eigenvalue weighted by molar-refractivity contribution is 0.0793. The number of carbonyl (C=O) groups is 1. The predicted octanol–water partition coefficient (Wildman–Crippen LogP) is 3.35. The molecule has 1 fully saturated rings. The molecule has 2 aromatic carbocycles. The highest BCUT2D eigenvalue weighted by Crippen LogP contribution is 2.15. The van der Waals surface area contributed by atoms with Crippen molar-refractivity contribution in [2.45, 2.75) is 30.8 Å². The fourth-order valence-electron chi connectivity index (χ4n) is 3.42. The molecule has 1 saturated heterocycles. The molecule has 0 spiro atoms. The van der Waals surface area contributed by atoms with Gasteiger partial charge >= 0.3 is 0 Å². The average molecular weight is 410 g/mol. The van der Waals surface area contributed by atoms with Gasteiger partial charge in [-0.05, 0) is 36.1 Å². The van der Waals surface area contributed by atoms with Crippen molar-refractivity contribution in [2.24, 2.45) is 0 Å². The van der Waals surface area contributed by atoms with Gasteiger partial charge in [0.1, 0.15) is 5.75 Å². The quantitative estimate of drug-likeness (QED) is 0.598. The molecule has 1 atom stereocenters. The Labute approximate surface area is 172 Å². The Bertz CT molecular complexity index is 980. The molecule has 1 amide bonds. The first kappa shape index (κ1) is 19.5. The van der Waals surface area contributed by atoms with Gasteiger partial charge in [-0.15, -0.1) is 0 Å². The van der Waals surface area contributed by atoms with Gasteiger partial charge in [0.15, 0.2) is 5.82 Å². The summed E-state index contributed by atoms with van der Waals surface area (Å²) in [6, 6.07) is 17.3. The lowest BCUT2D eigenvalue weighted by Crippen LogP contribution is -2.27. The highest BCUT2D eigenvalue weighted by Gasteiger charge is 2.19. The molecule has 6 nitrogen and oxygen atoms in total. The summed E-state index contributed by atoms with van der Waals surface area (Å²) < 4.78 is 17.7. The molecule has 3 aromatic rings. The average Bonchev–Trinajstić information content (AvgIpc) is 3.41. The summed E-state index contributed by atoms with van der Waals surface area (Å²) in [6.45, 7) is 1.67. The van der Waals surface area contributed by atoms with Gasteiger partial charge in [0, 0.05) is 41.6 Å². The van der Waals surface area contributed by atoms with Crippen LogP contribution in [0.4, 0.5) is 0 Å². The Balaban J connectivity index is 1.31. The molecule has 0 N–H and O–H groups in total. The van der Waals surface area contributed by atoms with E-state index in [1.807, 2.05) is 59.5 Å². The van der Waals surface area contributed by atoms with Crippen LogP contribution in [0.5, 0.6) is 0 Å². The van der Waals surface area contributed by atoms with Crippen molar-refractivity contribution in [3.8, 4) is 0 Å². The zero-order valence-corrected chi connectivity index (χ0v) is 16.9. The number of rotatable bonds is 7. The molecule has 0 radical (unpaired) electrons. The van der Waals surface area contributed by atoms with E-state index in [0.717, 1.165) is 37.1 Å². The van der Waals surface area contributed by atoms with Gasteiger partial charge in [-0.1, -0.05) is 47.6 Å². The summed E-state index contributed by atoms with van der Waals surface area (Å²) in [5, 5.41) is 3.98. The molecular weight excluding hydrogens is 386 g/mol. The molecule has 0 bridgehead atoms. The molecule has 29 heavy (non-hydrogen) atoms. The Morgan fingerprint density at radius 2 is 1.69 bits per heavy atom. The summed E-state index contributed by atoms with van der Waals surface area (Å²) in [7, 11) is -1.17. The van der Waals surface area contributed by atoms with Gasteiger partial charge in [0.05, 0.1) is 0 Å². The van der Waals surface area contributed by atoms with E-state index in [1.165, 1.54) is 0 Å². The SMILES string of the molecule is O=C(c1ccc(C[S@@](=O)Cc2nc(Cc3ccccc3)no2)cc1)N1CCCC1. The van der Waals surface area contributed by atoms with Crippen molar-refractivity contribution in [2.75, 3.05) is 13.1 Å². The minimum Gasteiger partial charge on any atom is -0.339 e. The van der Waals surface area contributed by atoms with Crippen molar-refractivity contribution >= 4 is 16.7 Å². The van der Waals surface area contributed by atoms with Crippen molar-refractivity contribution in [3.63, 3.8) is 0 Å². The van der Waals surface area contributed by atoms with Gasteiger partial charge in [-0.3, -0.25) is 9.00 Å². The zero-order chi connectivity index (χ0) is 20.1. The molecule has 7 heteroatoms. The van der Waals surface area contributed by atoms with Gasteiger partial charge < -0.3 is 9.42 Å². The molecule has 1 aliphatic rings. The minimum absolute atomic E-state index is 0.0759. The van der Waals surface area contributed by atoms with Gasteiger partial charge in [-0.2, -0.15) is 4.98 Å². The van der Waals surface area contributed by atoms with E-state index in [-0.39, 0.29) is 11.7 Å². The number of hydrogen-bond acceptors (Lipinski definition) is 5. The van der Waals surface area contributed by atoms with Crippen molar-refractivity contribution < 1.29 is 13.5 Å². The lowest BCUT2D eigenvalue weighted by Gasteiger charge is -2.15. The number of amides is 1. The van der Waals surface area contributed by atoms with Crippen LogP contribution in [0.1, 0.15) is 46.0 Å². The van der Waals surface area contributed by atoms with Gasteiger partial charge in [-0.25, -0.2) is 0 Å². The Morgan fingerprint density at radius 3 is 2.41 bits per heavy atom. The standard InChI is InChI=1S/C22H23N3O3S/c26-22(25-12-4-5-13-25)19-10-8-18(9-11-19)15-29(27)16-21-23-20(24-28-21)14-17-6-2-1-3-7-17/h1-3,6-11H,4-5,12-16H2/t29-/m1/s1. The molecule has 0 unspecified atom stereocenters. The molecule has 4 rings (SSSR count). The van der Waals surface area contributed by atoms with Crippen LogP contribution in [-0.2, 0) is 28.7 Å². The maximum atomic E-state index is 12.5. The summed E-state index contributed by atoms with van der Waals surface area (Å²) in [5.41, 5.74) is 2.71. The number of likely N-dealkylation sites (tertiary alicyclic amines) is 1. The van der Waals surface area contributed by atoms with Crippen molar-refractivity contribution in [3.05, 3.63) is 83.0 Å². The third kappa shape index (κ3) is 5.17. The summed E-state index contributed by atoms with van der Waals surface area (Å²) >= 11 is 0. The van der Waals surface area contributed by atoms with E-state index in [0.29, 0.717) is 29.5 Å². The predicted molar refractivity (Wildman–Crippen MR) is 111 cm³/mol. The highest BCUT2D eigenvalue weighted by atomic mass is 32.2. The molecule has 150 valence electrons. The zero-order valence-electron chi connectivity index (χ0n) is 16.1. The lowest BCUT2D eigenvalue weighted by atomic mass is 10.1. The van der Waals surface area contributed by atoms with Crippen LogP contribution in [0.15, 0.2) is 59.1 Å². The fraction of sp³-hybridized carbons (Fsp3) is 0.318. The molecule has 2 heterocycles. The summed E-state index contributed by atoms with van der Waals surface area (Å²) in [5.74, 6) is 1.65. The Hall–Kier alpha value is -2.80. The minimum atomic E-state index is -1.17. The summed E-state index contributed by atoms with van der Waals surface area (Å²) in [6.07, 6.45) is 2.74. The van der Waals surface area contributed by atoms with Crippen LogP contribution >= 0.6 is 0 Å². The van der Waals surface area contributed by atoms with E-state index in [4.69, 9.17) is 4.52 Å². The maximum Gasteiger partial charge on any atom is 0.253 e. The first-order chi connectivity index (χ1) is 14.2. The van der Waals surface area contributed by atoms with E-state index in [2.05, 4.69) is 10.1 Å². The van der Waals surface area contributed by atoms with Crippen molar-refractivity contribution in [1.82, 2.24) is 15.0 Å². The molecular formula is C22H23N3O3S. The number of nitrogens with zero attached hydrogens (tertiary/aromatic N) is 3. The Kier molecular flexibility index (Phi) is 6.14. The first-order valence-corrected chi connectivity index (χ1v) is 11.2. The van der Waals surface area contributed by atoms with Crippen LogP contribution in [0, 0.1) is 0 Å². The van der Waals surface area contributed by atoms with Crippen molar-refractivity contribution in [1.29, 1.82) is 0 Å². The molecule has 1 aliphatic heterocycles. The monoisotopic (exact) mass is 409 g/mol. The smallest absolute Gasteiger partial charge is 0.253 e. The number of aromatic nitrogens is 2. The fourth-order valence-corrected chi connectivity index (χ4v) is 4.48. The maximum absolute atomic E-state index is 12.5. The Morgan fingerprint density at radius 1 is 0.966 bits per heavy atom. The van der Waals surface area contributed by atoms with E-state index >= 15 is 0 Å². The number of benzene rings is 2. The second-order valence-electron chi connectivity index (χ2n) is 7.19. The number of carbonyl (C=O) groups excluding carboxylic acids is 1. The topological polar surface area (TPSA) is 76.3 Å². The number of hydrogen-bond donors (Lipinski definition) is 0. The van der Waals surface area contributed by atoms with Gasteiger partial charge in [0.25, 0.3) is 5.91 Å². The molecule has 1 aromatic heterocycles. The van der Waals surface area contributed by atoms with Crippen LogP contribution < -0.4 is 0 Å².